The number of nitrogens with zero attached hydrogens (tertiary/aromatic N) is 5. The van der Waals surface area contributed by atoms with Crippen LogP contribution in [0.3, 0.4) is 0 Å². The highest BCUT2D eigenvalue weighted by atomic mass is 35.5. The molecular formula is C12H11ClN6O. The van der Waals surface area contributed by atoms with Crippen molar-refractivity contribution in [2.75, 3.05) is 0 Å². The van der Waals surface area contributed by atoms with Crippen molar-refractivity contribution in [3.63, 3.8) is 0 Å². The van der Waals surface area contributed by atoms with Crippen molar-refractivity contribution in [1.82, 2.24) is 25.2 Å². The van der Waals surface area contributed by atoms with Crippen molar-refractivity contribution in [1.29, 1.82) is 0 Å². The van der Waals surface area contributed by atoms with E-state index in [0.29, 0.717) is 35.6 Å². The zero-order valence-electron chi connectivity index (χ0n) is 10.4. The molecule has 1 aromatic carbocycles. The van der Waals surface area contributed by atoms with Gasteiger partial charge < -0.3 is 10.2 Å². The predicted octanol–water partition coefficient (Wildman–Crippen LogP) is 1.49. The average Bonchev–Trinajstić information content (AvgIpc) is 3.09. The van der Waals surface area contributed by atoms with Crippen LogP contribution in [0.15, 0.2) is 34.9 Å². The number of halogens is 1. The van der Waals surface area contributed by atoms with Gasteiger partial charge in [0.15, 0.2) is 0 Å². The summed E-state index contributed by atoms with van der Waals surface area (Å²) in [7, 11) is 0. The van der Waals surface area contributed by atoms with Gasteiger partial charge in [0, 0.05) is 17.1 Å². The van der Waals surface area contributed by atoms with Gasteiger partial charge in [-0.1, -0.05) is 16.8 Å². The third-order valence-corrected chi connectivity index (χ3v) is 2.90. The third-order valence-electron chi connectivity index (χ3n) is 2.65. The fraction of sp³-hybridized carbons (Fsp3) is 0.167. The van der Waals surface area contributed by atoms with Crippen LogP contribution >= 0.6 is 11.6 Å². The first-order valence-electron chi connectivity index (χ1n) is 5.92. The maximum absolute atomic E-state index is 5.83. The van der Waals surface area contributed by atoms with Gasteiger partial charge in [0.25, 0.3) is 0 Å². The van der Waals surface area contributed by atoms with Gasteiger partial charge in [0.1, 0.15) is 6.54 Å². The van der Waals surface area contributed by atoms with Crippen LogP contribution in [0.1, 0.15) is 11.6 Å². The highest BCUT2D eigenvalue weighted by molar-refractivity contribution is 6.30. The highest BCUT2D eigenvalue weighted by Gasteiger charge is 2.10. The smallest absolute Gasteiger partial charge is 0.247 e. The lowest BCUT2D eigenvalue weighted by atomic mass is 10.2. The Hall–Kier alpha value is -2.25. The molecule has 102 valence electrons. The monoisotopic (exact) mass is 290 g/mol. The summed E-state index contributed by atoms with van der Waals surface area (Å²) in [4.78, 5) is 0. The molecule has 0 radical (unpaired) electrons. The van der Waals surface area contributed by atoms with Crippen molar-refractivity contribution in [2.45, 2.75) is 13.1 Å². The van der Waals surface area contributed by atoms with Gasteiger partial charge in [-0.05, 0) is 24.3 Å². The SMILES string of the molecule is NCc1cn(Cc2nnc(-c3ccc(Cl)cc3)o2)nn1. The molecule has 2 aromatic heterocycles. The molecular weight excluding hydrogens is 280 g/mol. The van der Waals surface area contributed by atoms with E-state index in [1.54, 1.807) is 23.0 Å². The molecule has 20 heavy (non-hydrogen) atoms. The first-order valence-corrected chi connectivity index (χ1v) is 6.30. The second kappa shape index (κ2) is 5.40. The molecule has 0 aliphatic heterocycles. The largest absolute Gasteiger partial charge is 0.419 e. The normalized spacial score (nSPS) is 10.9. The van der Waals surface area contributed by atoms with Crippen molar-refractivity contribution < 1.29 is 4.42 Å². The minimum Gasteiger partial charge on any atom is -0.419 e. The van der Waals surface area contributed by atoms with Crippen LogP contribution in [-0.2, 0) is 13.1 Å². The van der Waals surface area contributed by atoms with E-state index in [9.17, 15) is 0 Å². The van der Waals surface area contributed by atoms with Crippen LogP contribution in [-0.4, -0.2) is 25.2 Å². The number of hydrogen-bond acceptors (Lipinski definition) is 6. The molecule has 0 aliphatic carbocycles. The third kappa shape index (κ3) is 2.68. The molecule has 3 rings (SSSR count). The van der Waals surface area contributed by atoms with E-state index in [1.165, 1.54) is 0 Å². The number of nitrogens with two attached hydrogens (primary N) is 1. The standard InChI is InChI=1S/C12H11ClN6O/c13-9-3-1-8(2-4-9)12-17-16-11(20-12)7-19-6-10(5-14)15-18-19/h1-4,6H,5,7,14H2. The summed E-state index contributed by atoms with van der Waals surface area (Å²) in [5, 5.41) is 16.4. The lowest BCUT2D eigenvalue weighted by molar-refractivity contribution is 0.469. The second-order valence-electron chi connectivity index (χ2n) is 4.12. The first-order chi connectivity index (χ1) is 9.74. The van der Waals surface area contributed by atoms with Gasteiger partial charge >= 0.3 is 0 Å². The first kappa shape index (κ1) is 12.8. The molecule has 2 heterocycles. The molecule has 7 nitrogen and oxygen atoms in total. The predicted molar refractivity (Wildman–Crippen MR) is 71.8 cm³/mol. The van der Waals surface area contributed by atoms with Crippen molar-refractivity contribution >= 4 is 11.6 Å². The number of hydrogen-bond donors (Lipinski definition) is 1. The summed E-state index contributed by atoms with van der Waals surface area (Å²) in [5.74, 6) is 0.888. The number of benzene rings is 1. The Morgan fingerprint density at radius 2 is 1.95 bits per heavy atom. The van der Waals surface area contributed by atoms with Crippen LogP contribution in [0, 0.1) is 0 Å². The molecule has 2 N–H and O–H groups in total. The maximum Gasteiger partial charge on any atom is 0.247 e. The fourth-order valence-electron chi connectivity index (χ4n) is 1.67. The van der Waals surface area contributed by atoms with Gasteiger partial charge in [-0.15, -0.1) is 15.3 Å². The van der Waals surface area contributed by atoms with Crippen LogP contribution in [0.4, 0.5) is 0 Å². The molecule has 0 unspecified atom stereocenters. The van der Waals surface area contributed by atoms with Crippen molar-refractivity contribution in [3.8, 4) is 11.5 Å². The lowest BCUT2D eigenvalue weighted by Crippen LogP contribution is -2.00. The lowest BCUT2D eigenvalue weighted by Gasteiger charge is -1.95. The minimum absolute atomic E-state index is 0.347. The Bertz CT molecular complexity index is 705. The molecule has 3 aromatic rings. The van der Waals surface area contributed by atoms with Crippen LogP contribution < -0.4 is 5.73 Å². The quantitative estimate of drug-likeness (QED) is 0.782. The second-order valence-corrected chi connectivity index (χ2v) is 4.56. The van der Waals surface area contributed by atoms with E-state index in [-0.39, 0.29) is 0 Å². The van der Waals surface area contributed by atoms with Gasteiger partial charge in [-0.2, -0.15) is 0 Å². The Labute approximate surface area is 119 Å². The average molecular weight is 291 g/mol. The van der Waals surface area contributed by atoms with Crippen LogP contribution in [0.5, 0.6) is 0 Å². The Morgan fingerprint density at radius 3 is 2.65 bits per heavy atom. The van der Waals surface area contributed by atoms with E-state index >= 15 is 0 Å². The van der Waals surface area contributed by atoms with Crippen molar-refractivity contribution in [3.05, 3.63) is 47.1 Å². The molecule has 0 atom stereocenters. The Kier molecular flexibility index (Phi) is 3.44. The summed E-state index contributed by atoms with van der Waals surface area (Å²) in [6.45, 7) is 0.702. The highest BCUT2D eigenvalue weighted by Crippen LogP contribution is 2.20. The molecule has 0 fully saturated rings. The zero-order chi connectivity index (χ0) is 13.9. The molecule has 8 heteroatoms. The zero-order valence-corrected chi connectivity index (χ0v) is 11.2. The Morgan fingerprint density at radius 1 is 1.15 bits per heavy atom. The molecule has 0 saturated carbocycles. The van der Waals surface area contributed by atoms with Gasteiger partial charge in [0.2, 0.25) is 11.8 Å². The molecule has 0 spiro atoms. The molecule has 0 saturated heterocycles. The van der Waals surface area contributed by atoms with Gasteiger partial charge in [-0.3, -0.25) is 0 Å². The number of aromatic nitrogens is 5. The molecule has 0 aliphatic rings. The summed E-state index contributed by atoms with van der Waals surface area (Å²) < 4.78 is 7.17. The summed E-state index contributed by atoms with van der Waals surface area (Å²) in [6, 6.07) is 7.18. The fourth-order valence-corrected chi connectivity index (χ4v) is 1.80. The summed E-state index contributed by atoms with van der Waals surface area (Å²) in [5.41, 5.74) is 7.00. The summed E-state index contributed by atoms with van der Waals surface area (Å²) in [6.07, 6.45) is 1.74. The van der Waals surface area contributed by atoms with E-state index in [4.69, 9.17) is 21.8 Å². The minimum atomic E-state index is 0.347. The number of rotatable bonds is 4. The van der Waals surface area contributed by atoms with E-state index < -0.39 is 0 Å². The van der Waals surface area contributed by atoms with Gasteiger partial charge in [-0.25, -0.2) is 4.68 Å². The Balaban J connectivity index is 1.78. The van der Waals surface area contributed by atoms with E-state index in [2.05, 4.69) is 20.5 Å². The maximum atomic E-state index is 5.83. The van der Waals surface area contributed by atoms with Crippen molar-refractivity contribution in [2.24, 2.45) is 5.73 Å². The van der Waals surface area contributed by atoms with E-state index in [0.717, 1.165) is 5.56 Å². The molecule has 0 amide bonds. The topological polar surface area (TPSA) is 95.7 Å². The summed E-state index contributed by atoms with van der Waals surface area (Å²) >= 11 is 5.83. The van der Waals surface area contributed by atoms with Gasteiger partial charge in [0.05, 0.1) is 11.9 Å². The molecule has 0 bridgehead atoms. The van der Waals surface area contributed by atoms with Crippen LogP contribution in [0.25, 0.3) is 11.5 Å². The van der Waals surface area contributed by atoms with E-state index in [1.807, 2.05) is 12.1 Å². The van der Waals surface area contributed by atoms with Crippen LogP contribution in [0.2, 0.25) is 5.02 Å².